The lowest BCUT2D eigenvalue weighted by molar-refractivity contribution is 0.0188. The van der Waals surface area contributed by atoms with Crippen LogP contribution in [0.2, 0.25) is 0 Å². The Morgan fingerprint density at radius 1 is 1.36 bits per heavy atom. The molecule has 2 saturated heterocycles. The van der Waals surface area contributed by atoms with Crippen molar-refractivity contribution in [3.05, 3.63) is 35.6 Å². The summed E-state index contributed by atoms with van der Waals surface area (Å²) in [5.41, 5.74) is 0.601. The first-order valence-corrected chi connectivity index (χ1v) is 7.28. The van der Waals surface area contributed by atoms with E-state index in [-0.39, 0.29) is 11.9 Å². The maximum atomic E-state index is 13.1. The maximum Gasteiger partial charge on any atom is 0.430 e. The molecule has 2 fully saturated rings. The fourth-order valence-electron chi connectivity index (χ4n) is 2.49. The minimum Gasteiger partial charge on any atom is -0.441 e. The standard InChI is InChI=1S/C15H18FN3O3/c16-13-3-1-2-12(8-13)9-17-19-11-14(22-15(19)20)10-18-4-6-21-7-5-18/h1-3,8-9,14H,4-7,10-11H2/b17-9+. The van der Waals surface area contributed by atoms with Crippen molar-refractivity contribution in [3.8, 4) is 0 Å². The van der Waals surface area contributed by atoms with Gasteiger partial charge in [-0.05, 0) is 17.7 Å². The third-order valence-electron chi connectivity index (χ3n) is 3.62. The van der Waals surface area contributed by atoms with Crippen molar-refractivity contribution in [2.75, 3.05) is 39.4 Å². The molecule has 0 radical (unpaired) electrons. The van der Waals surface area contributed by atoms with Crippen molar-refractivity contribution in [1.29, 1.82) is 0 Å². The lowest BCUT2D eigenvalue weighted by atomic mass is 10.2. The molecule has 0 aliphatic carbocycles. The number of morpholine rings is 1. The molecule has 7 heteroatoms. The molecule has 1 unspecified atom stereocenters. The molecule has 22 heavy (non-hydrogen) atoms. The van der Waals surface area contributed by atoms with Crippen LogP contribution < -0.4 is 0 Å². The Kier molecular flexibility index (Phi) is 4.65. The van der Waals surface area contributed by atoms with Crippen LogP contribution in [0.1, 0.15) is 5.56 Å². The van der Waals surface area contributed by atoms with Crippen molar-refractivity contribution in [2.45, 2.75) is 6.10 Å². The molecule has 2 aliphatic heterocycles. The van der Waals surface area contributed by atoms with Gasteiger partial charge in [-0.15, -0.1) is 0 Å². The van der Waals surface area contributed by atoms with Crippen molar-refractivity contribution >= 4 is 12.3 Å². The SMILES string of the molecule is O=C1OC(CN2CCOCC2)CN1/N=C/c1cccc(F)c1. The molecule has 0 saturated carbocycles. The quantitative estimate of drug-likeness (QED) is 0.787. The van der Waals surface area contributed by atoms with E-state index in [9.17, 15) is 9.18 Å². The van der Waals surface area contributed by atoms with Crippen LogP contribution in [0, 0.1) is 5.82 Å². The molecular weight excluding hydrogens is 289 g/mol. The predicted octanol–water partition coefficient (Wildman–Crippen LogP) is 1.31. The number of hydrazone groups is 1. The zero-order valence-corrected chi connectivity index (χ0v) is 12.2. The number of carbonyl (C=O) groups excluding carboxylic acids is 1. The Labute approximate surface area is 128 Å². The summed E-state index contributed by atoms with van der Waals surface area (Å²) >= 11 is 0. The second-order valence-electron chi connectivity index (χ2n) is 5.30. The largest absolute Gasteiger partial charge is 0.441 e. The van der Waals surface area contributed by atoms with E-state index in [1.54, 1.807) is 12.1 Å². The van der Waals surface area contributed by atoms with Gasteiger partial charge in [0.25, 0.3) is 0 Å². The Balaban J connectivity index is 1.55. The Hall–Kier alpha value is -1.99. The highest BCUT2D eigenvalue weighted by Crippen LogP contribution is 2.14. The molecule has 0 spiro atoms. The monoisotopic (exact) mass is 307 g/mol. The van der Waals surface area contributed by atoms with Crippen molar-refractivity contribution in [1.82, 2.24) is 9.91 Å². The third kappa shape index (κ3) is 3.80. The number of hydrogen-bond acceptors (Lipinski definition) is 5. The first kappa shape index (κ1) is 14.9. The number of hydrogen-bond donors (Lipinski definition) is 0. The second-order valence-corrected chi connectivity index (χ2v) is 5.30. The van der Waals surface area contributed by atoms with Gasteiger partial charge in [0.15, 0.2) is 0 Å². The van der Waals surface area contributed by atoms with Crippen LogP contribution in [-0.2, 0) is 9.47 Å². The highest BCUT2D eigenvalue weighted by Gasteiger charge is 2.32. The van der Waals surface area contributed by atoms with Gasteiger partial charge in [-0.25, -0.2) is 9.18 Å². The smallest absolute Gasteiger partial charge is 0.430 e. The van der Waals surface area contributed by atoms with E-state index < -0.39 is 6.09 Å². The van der Waals surface area contributed by atoms with E-state index in [1.165, 1.54) is 23.4 Å². The van der Waals surface area contributed by atoms with Gasteiger partial charge in [0.05, 0.1) is 26.0 Å². The summed E-state index contributed by atoms with van der Waals surface area (Å²) in [4.78, 5) is 14.0. The third-order valence-corrected chi connectivity index (χ3v) is 3.62. The molecule has 1 aromatic carbocycles. The molecule has 3 rings (SSSR count). The van der Waals surface area contributed by atoms with E-state index in [1.807, 2.05) is 0 Å². The molecule has 1 amide bonds. The molecule has 0 bridgehead atoms. The van der Waals surface area contributed by atoms with Crippen molar-refractivity contribution in [3.63, 3.8) is 0 Å². The summed E-state index contributed by atoms with van der Waals surface area (Å²) in [7, 11) is 0. The van der Waals surface area contributed by atoms with Gasteiger partial charge < -0.3 is 9.47 Å². The summed E-state index contributed by atoms with van der Waals surface area (Å²) in [6.45, 7) is 4.20. The summed E-state index contributed by atoms with van der Waals surface area (Å²) in [6, 6.07) is 6.04. The molecule has 2 heterocycles. The highest BCUT2D eigenvalue weighted by atomic mass is 19.1. The van der Waals surface area contributed by atoms with Crippen LogP contribution >= 0.6 is 0 Å². The molecule has 0 aromatic heterocycles. The van der Waals surface area contributed by atoms with Gasteiger partial charge in [-0.2, -0.15) is 10.1 Å². The molecule has 1 aromatic rings. The van der Waals surface area contributed by atoms with E-state index in [0.29, 0.717) is 31.9 Å². The molecule has 1 atom stereocenters. The second kappa shape index (κ2) is 6.85. The fourth-order valence-corrected chi connectivity index (χ4v) is 2.49. The van der Waals surface area contributed by atoms with Gasteiger partial charge >= 0.3 is 6.09 Å². The van der Waals surface area contributed by atoms with Gasteiger partial charge in [0.2, 0.25) is 0 Å². The predicted molar refractivity (Wildman–Crippen MR) is 78.2 cm³/mol. The lowest BCUT2D eigenvalue weighted by Gasteiger charge is -2.27. The van der Waals surface area contributed by atoms with Crippen molar-refractivity contribution in [2.24, 2.45) is 5.10 Å². The molecule has 6 nitrogen and oxygen atoms in total. The number of amides is 1. The number of cyclic esters (lactones) is 1. The summed E-state index contributed by atoms with van der Waals surface area (Å²) in [6.07, 6.45) is 0.794. The minimum absolute atomic E-state index is 0.199. The van der Waals surface area contributed by atoms with E-state index >= 15 is 0 Å². The van der Waals surface area contributed by atoms with E-state index in [0.717, 1.165) is 13.1 Å². The topological polar surface area (TPSA) is 54.4 Å². The average Bonchev–Trinajstić information content (AvgIpc) is 2.86. The van der Waals surface area contributed by atoms with Crippen LogP contribution in [-0.4, -0.2) is 67.7 Å². The van der Waals surface area contributed by atoms with E-state index in [4.69, 9.17) is 9.47 Å². The molecule has 118 valence electrons. The number of ether oxygens (including phenoxy) is 2. The Morgan fingerprint density at radius 2 is 2.18 bits per heavy atom. The van der Waals surface area contributed by atoms with Gasteiger partial charge in [-0.1, -0.05) is 12.1 Å². The number of rotatable bonds is 4. The Morgan fingerprint density at radius 3 is 2.95 bits per heavy atom. The summed E-state index contributed by atoms with van der Waals surface area (Å²) in [5.74, 6) is -0.335. The highest BCUT2D eigenvalue weighted by molar-refractivity contribution is 5.81. The van der Waals surface area contributed by atoms with Crippen LogP contribution in [0.4, 0.5) is 9.18 Å². The van der Waals surface area contributed by atoms with Gasteiger partial charge in [0.1, 0.15) is 11.9 Å². The minimum atomic E-state index is -0.467. The summed E-state index contributed by atoms with van der Waals surface area (Å²) < 4.78 is 23.7. The lowest BCUT2D eigenvalue weighted by Crippen LogP contribution is -2.41. The van der Waals surface area contributed by atoms with Crippen LogP contribution in [0.15, 0.2) is 29.4 Å². The zero-order chi connectivity index (χ0) is 15.4. The average molecular weight is 307 g/mol. The number of nitrogens with zero attached hydrogens (tertiary/aromatic N) is 3. The molecule has 2 aliphatic rings. The first-order valence-electron chi connectivity index (χ1n) is 7.28. The normalized spacial score (nSPS) is 23.2. The van der Waals surface area contributed by atoms with Gasteiger partial charge in [0, 0.05) is 19.6 Å². The van der Waals surface area contributed by atoms with Gasteiger partial charge in [-0.3, -0.25) is 4.90 Å². The fraction of sp³-hybridized carbons (Fsp3) is 0.467. The summed E-state index contributed by atoms with van der Waals surface area (Å²) in [5, 5.41) is 5.36. The number of benzene rings is 1. The van der Waals surface area contributed by atoms with Crippen LogP contribution in [0.3, 0.4) is 0 Å². The zero-order valence-electron chi connectivity index (χ0n) is 12.2. The number of halogens is 1. The number of carbonyl (C=O) groups is 1. The molecule has 0 N–H and O–H groups in total. The van der Waals surface area contributed by atoms with Crippen LogP contribution in [0.25, 0.3) is 0 Å². The van der Waals surface area contributed by atoms with Crippen LogP contribution in [0.5, 0.6) is 0 Å². The maximum absolute atomic E-state index is 13.1. The Bertz CT molecular complexity index is 561. The first-order chi connectivity index (χ1) is 10.7. The molecular formula is C15H18FN3O3. The van der Waals surface area contributed by atoms with Crippen molar-refractivity contribution < 1.29 is 18.7 Å². The van der Waals surface area contributed by atoms with E-state index in [2.05, 4.69) is 10.0 Å².